The molecular formula is C23H22N2O3S. The van der Waals surface area contributed by atoms with E-state index in [9.17, 15) is 13.2 Å². The molecule has 3 aromatic rings. The minimum Gasteiger partial charge on any atom is -0.322 e. The van der Waals surface area contributed by atoms with Gasteiger partial charge in [-0.2, -0.15) is 0 Å². The smallest absolute Gasteiger partial charge is 0.264 e. The van der Waals surface area contributed by atoms with E-state index < -0.39 is 10.0 Å². The van der Waals surface area contributed by atoms with Crippen LogP contribution in [-0.2, 0) is 16.4 Å². The van der Waals surface area contributed by atoms with Gasteiger partial charge in [-0.3, -0.25) is 9.10 Å². The molecule has 0 spiro atoms. The molecule has 0 atom stereocenters. The number of anilines is 2. The summed E-state index contributed by atoms with van der Waals surface area (Å²) in [6.45, 7) is 4.39. The van der Waals surface area contributed by atoms with Crippen molar-refractivity contribution in [3.63, 3.8) is 0 Å². The number of hydrogen-bond donors (Lipinski definition) is 1. The molecule has 4 rings (SSSR count). The van der Waals surface area contributed by atoms with Crippen LogP contribution in [0.25, 0.3) is 0 Å². The quantitative estimate of drug-likeness (QED) is 0.702. The molecule has 1 aliphatic heterocycles. The van der Waals surface area contributed by atoms with Gasteiger partial charge in [0.2, 0.25) is 0 Å². The molecule has 1 amide bonds. The summed E-state index contributed by atoms with van der Waals surface area (Å²) in [7, 11) is -3.74. The molecule has 29 heavy (non-hydrogen) atoms. The zero-order valence-corrected chi connectivity index (χ0v) is 17.2. The van der Waals surface area contributed by atoms with Crippen LogP contribution in [0.2, 0.25) is 0 Å². The van der Waals surface area contributed by atoms with Gasteiger partial charge < -0.3 is 5.32 Å². The maximum Gasteiger partial charge on any atom is 0.264 e. The number of sulfonamides is 1. The van der Waals surface area contributed by atoms with Gasteiger partial charge in [0, 0.05) is 17.8 Å². The van der Waals surface area contributed by atoms with E-state index in [1.165, 1.54) is 16.4 Å². The first-order chi connectivity index (χ1) is 13.9. The Morgan fingerprint density at radius 2 is 1.72 bits per heavy atom. The minimum absolute atomic E-state index is 0.113. The third kappa shape index (κ3) is 3.63. The highest BCUT2D eigenvalue weighted by Crippen LogP contribution is 2.32. The van der Waals surface area contributed by atoms with Gasteiger partial charge in [-0.25, -0.2) is 8.42 Å². The molecule has 1 heterocycles. The van der Waals surface area contributed by atoms with Crippen LogP contribution in [0, 0.1) is 13.8 Å². The first-order valence-corrected chi connectivity index (χ1v) is 10.9. The molecule has 6 heteroatoms. The third-order valence-electron chi connectivity index (χ3n) is 5.29. The first-order valence-electron chi connectivity index (χ1n) is 9.45. The summed E-state index contributed by atoms with van der Waals surface area (Å²) in [6.07, 6.45) is 0.683. The summed E-state index contributed by atoms with van der Waals surface area (Å²) < 4.78 is 27.8. The average molecular weight is 407 g/mol. The Kier molecular flexibility index (Phi) is 4.88. The summed E-state index contributed by atoms with van der Waals surface area (Å²) in [5.74, 6) is -0.341. The van der Waals surface area contributed by atoms with Crippen molar-refractivity contribution in [2.45, 2.75) is 25.2 Å². The molecule has 0 saturated heterocycles. The maximum absolute atomic E-state index is 13.2. The fraction of sp³-hybridized carbons (Fsp3) is 0.174. The van der Waals surface area contributed by atoms with Gasteiger partial charge in [0.1, 0.15) is 0 Å². The van der Waals surface area contributed by atoms with E-state index in [2.05, 4.69) is 5.32 Å². The van der Waals surface area contributed by atoms with Crippen molar-refractivity contribution in [3.8, 4) is 0 Å². The molecule has 0 fully saturated rings. The van der Waals surface area contributed by atoms with Crippen molar-refractivity contribution in [1.29, 1.82) is 0 Å². The first kappa shape index (κ1) is 19.2. The molecule has 3 aromatic carbocycles. The topological polar surface area (TPSA) is 66.5 Å². The Bertz CT molecular complexity index is 1200. The molecule has 148 valence electrons. The van der Waals surface area contributed by atoms with Crippen molar-refractivity contribution in [3.05, 3.63) is 89.0 Å². The minimum atomic E-state index is -3.74. The summed E-state index contributed by atoms with van der Waals surface area (Å²) in [5.41, 5.74) is 4.92. The average Bonchev–Trinajstić information content (AvgIpc) is 3.16. The Morgan fingerprint density at radius 1 is 0.931 bits per heavy atom. The Balaban J connectivity index is 1.61. The zero-order valence-electron chi connectivity index (χ0n) is 16.3. The molecule has 0 unspecified atom stereocenters. The van der Waals surface area contributed by atoms with Gasteiger partial charge in [0.05, 0.1) is 10.6 Å². The van der Waals surface area contributed by atoms with E-state index in [1.807, 2.05) is 56.3 Å². The number of benzene rings is 3. The zero-order chi connectivity index (χ0) is 20.6. The molecule has 1 N–H and O–H groups in total. The number of carbonyl (C=O) groups is 1. The van der Waals surface area contributed by atoms with Crippen LogP contribution in [0.1, 0.15) is 27.0 Å². The molecule has 0 aromatic heterocycles. The van der Waals surface area contributed by atoms with Crippen molar-refractivity contribution in [2.24, 2.45) is 0 Å². The molecular weight excluding hydrogens is 384 g/mol. The number of nitrogens with zero attached hydrogens (tertiary/aromatic N) is 1. The largest absolute Gasteiger partial charge is 0.322 e. The van der Waals surface area contributed by atoms with E-state index in [4.69, 9.17) is 0 Å². The third-order valence-corrected chi connectivity index (χ3v) is 7.10. The summed E-state index contributed by atoms with van der Waals surface area (Å²) in [5, 5.41) is 2.84. The number of para-hydroxylation sites is 1. The fourth-order valence-corrected chi connectivity index (χ4v) is 5.05. The lowest BCUT2D eigenvalue weighted by Gasteiger charge is -2.20. The fourth-order valence-electron chi connectivity index (χ4n) is 3.51. The standard InChI is InChI=1S/C23H22N2O3S/c1-16-10-11-20(14-17(16)2)24-23(26)19-7-5-8-21(15-19)29(27,28)25-13-12-18-6-3-4-9-22(18)25/h3-11,14-15H,12-13H2,1-2H3,(H,24,26). The maximum atomic E-state index is 13.2. The second kappa shape index (κ2) is 7.37. The number of rotatable bonds is 4. The van der Waals surface area contributed by atoms with E-state index in [1.54, 1.807) is 12.1 Å². The van der Waals surface area contributed by atoms with Crippen LogP contribution >= 0.6 is 0 Å². The summed E-state index contributed by atoms with van der Waals surface area (Å²) in [6, 6.07) is 19.4. The van der Waals surface area contributed by atoms with Gasteiger partial charge in [0.15, 0.2) is 0 Å². The SMILES string of the molecule is Cc1ccc(NC(=O)c2cccc(S(=O)(=O)N3CCc4ccccc43)c2)cc1C. The van der Waals surface area contributed by atoms with Gasteiger partial charge in [-0.05, 0) is 73.4 Å². The van der Waals surface area contributed by atoms with E-state index >= 15 is 0 Å². The second-order valence-electron chi connectivity index (χ2n) is 7.24. The lowest BCUT2D eigenvalue weighted by molar-refractivity contribution is 0.102. The van der Waals surface area contributed by atoms with E-state index in [-0.39, 0.29) is 10.8 Å². The van der Waals surface area contributed by atoms with Gasteiger partial charge >= 0.3 is 0 Å². The predicted octanol–water partition coefficient (Wildman–Crippen LogP) is 4.31. The van der Waals surface area contributed by atoms with Crippen LogP contribution in [0.3, 0.4) is 0 Å². The van der Waals surface area contributed by atoms with Crippen LogP contribution in [0.15, 0.2) is 71.6 Å². The normalized spacial score (nSPS) is 13.2. The molecule has 0 aliphatic carbocycles. The van der Waals surface area contributed by atoms with Crippen LogP contribution < -0.4 is 9.62 Å². The molecule has 0 saturated carbocycles. The van der Waals surface area contributed by atoms with Crippen molar-refractivity contribution < 1.29 is 13.2 Å². The van der Waals surface area contributed by atoms with Gasteiger partial charge in [-0.1, -0.05) is 30.3 Å². The molecule has 1 aliphatic rings. The Morgan fingerprint density at radius 3 is 2.52 bits per heavy atom. The van der Waals surface area contributed by atoms with Crippen LogP contribution in [0.4, 0.5) is 11.4 Å². The number of aryl methyl sites for hydroxylation is 2. The number of hydrogen-bond acceptors (Lipinski definition) is 3. The highest BCUT2D eigenvalue weighted by molar-refractivity contribution is 7.92. The van der Waals surface area contributed by atoms with Crippen LogP contribution in [0.5, 0.6) is 0 Å². The highest BCUT2D eigenvalue weighted by atomic mass is 32.2. The monoisotopic (exact) mass is 406 g/mol. The number of amides is 1. The van der Waals surface area contributed by atoms with E-state index in [0.29, 0.717) is 29.9 Å². The van der Waals surface area contributed by atoms with Crippen molar-refractivity contribution in [2.75, 3.05) is 16.2 Å². The predicted molar refractivity (Wildman–Crippen MR) is 115 cm³/mol. The Hall–Kier alpha value is -3.12. The summed E-state index contributed by atoms with van der Waals surface area (Å²) >= 11 is 0. The summed E-state index contributed by atoms with van der Waals surface area (Å²) in [4.78, 5) is 12.8. The lowest BCUT2D eigenvalue weighted by Crippen LogP contribution is -2.29. The van der Waals surface area contributed by atoms with Gasteiger partial charge in [-0.15, -0.1) is 0 Å². The molecule has 0 radical (unpaired) electrons. The second-order valence-corrected chi connectivity index (χ2v) is 9.10. The van der Waals surface area contributed by atoms with Crippen molar-refractivity contribution >= 4 is 27.3 Å². The molecule has 0 bridgehead atoms. The van der Waals surface area contributed by atoms with Gasteiger partial charge in [0.25, 0.3) is 15.9 Å². The number of fused-ring (bicyclic) bond motifs is 1. The highest BCUT2D eigenvalue weighted by Gasteiger charge is 2.30. The number of nitrogens with one attached hydrogen (secondary N) is 1. The van der Waals surface area contributed by atoms with Crippen molar-refractivity contribution in [1.82, 2.24) is 0 Å². The Labute approximate surface area is 171 Å². The van der Waals surface area contributed by atoms with Crippen LogP contribution in [-0.4, -0.2) is 20.9 Å². The molecule has 5 nitrogen and oxygen atoms in total. The lowest BCUT2D eigenvalue weighted by atomic mass is 10.1. The number of carbonyl (C=O) groups excluding carboxylic acids is 1. The van der Waals surface area contributed by atoms with E-state index in [0.717, 1.165) is 16.7 Å².